The van der Waals surface area contributed by atoms with Crippen molar-refractivity contribution in [3.05, 3.63) is 0 Å². The van der Waals surface area contributed by atoms with Gasteiger partial charge < -0.3 is 9.05 Å². The second kappa shape index (κ2) is 7.15. The van der Waals surface area contributed by atoms with Gasteiger partial charge in [0.15, 0.2) is 0 Å². The largest absolute Gasteiger partial charge is 0.337 e. The van der Waals surface area contributed by atoms with E-state index in [1.165, 1.54) is 14.2 Å². The Morgan fingerprint density at radius 1 is 1.33 bits per heavy atom. The van der Waals surface area contributed by atoms with E-state index < -0.39 is 7.60 Å². The van der Waals surface area contributed by atoms with E-state index in [0.717, 1.165) is 19.3 Å². The zero-order valence-corrected chi connectivity index (χ0v) is 10.9. The first-order chi connectivity index (χ1) is 6.99. The van der Waals surface area contributed by atoms with Crippen LogP contribution in [0, 0.1) is 5.92 Å². The first-order valence-corrected chi connectivity index (χ1v) is 6.95. The molecule has 0 aliphatic carbocycles. The van der Waals surface area contributed by atoms with Crippen LogP contribution in [-0.4, -0.2) is 26.2 Å². The van der Waals surface area contributed by atoms with Crippen LogP contribution >= 0.6 is 7.60 Å². The summed E-state index contributed by atoms with van der Waals surface area (Å²) in [6.07, 6.45) is 2.79. The minimum Gasteiger partial charge on any atom is -0.312 e. The van der Waals surface area contributed by atoms with Crippen LogP contribution in [0.1, 0.15) is 33.1 Å². The van der Waals surface area contributed by atoms with Gasteiger partial charge in [0.25, 0.3) is 0 Å². The van der Waals surface area contributed by atoms with E-state index in [4.69, 9.17) is 9.05 Å². The molecule has 0 amide bonds. The number of rotatable bonds is 8. The molecule has 0 N–H and O–H groups in total. The van der Waals surface area contributed by atoms with E-state index in [1.54, 1.807) is 0 Å². The molecule has 0 bridgehead atoms. The maximum absolute atomic E-state index is 11.7. The molecule has 0 spiro atoms. The van der Waals surface area contributed by atoms with Crippen molar-refractivity contribution in [2.75, 3.05) is 20.4 Å². The third kappa shape index (κ3) is 5.45. The van der Waals surface area contributed by atoms with Crippen molar-refractivity contribution in [2.45, 2.75) is 33.1 Å². The van der Waals surface area contributed by atoms with Crippen LogP contribution in [0.3, 0.4) is 0 Å². The van der Waals surface area contributed by atoms with Gasteiger partial charge in [-0.2, -0.15) is 0 Å². The molecule has 0 aromatic carbocycles. The van der Waals surface area contributed by atoms with Gasteiger partial charge in [-0.25, -0.2) is 0 Å². The van der Waals surface area contributed by atoms with Crippen LogP contribution in [0.25, 0.3) is 0 Å². The summed E-state index contributed by atoms with van der Waals surface area (Å²) in [4.78, 5) is 11.7. The molecule has 0 aromatic heterocycles. The Morgan fingerprint density at radius 3 is 2.27 bits per heavy atom. The van der Waals surface area contributed by atoms with Crippen molar-refractivity contribution in [3.63, 3.8) is 0 Å². The Labute approximate surface area is 91.9 Å². The van der Waals surface area contributed by atoms with Crippen LogP contribution in [0.15, 0.2) is 0 Å². The number of ketones is 1. The van der Waals surface area contributed by atoms with Gasteiger partial charge in [0.05, 0.1) is 0 Å². The van der Waals surface area contributed by atoms with Gasteiger partial charge in [-0.15, -0.1) is 0 Å². The summed E-state index contributed by atoms with van der Waals surface area (Å²) in [5.41, 5.74) is 0. The van der Waals surface area contributed by atoms with Crippen molar-refractivity contribution in [1.29, 1.82) is 0 Å². The Kier molecular flexibility index (Phi) is 7.07. The lowest BCUT2D eigenvalue weighted by Gasteiger charge is -2.15. The second-order valence-corrected chi connectivity index (χ2v) is 5.91. The van der Waals surface area contributed by atoms with Gasteiger partial charge in [-0.05, 0) is 6.42 Å². The van der Waals surface area contributed by atoms with Gasteiger partial charge in [0.2, 0.25) is 0 Å². The van der Waals surface area contributed by atoms with Gasteiger partial charge in [0, 0.05) is 20.1 Å². The monoisotopic (exact) mass is 236 g/mol. The summed E-state index contributed by atoms with van der Waals surface area (Å²) in [5.74, 6) is -0.112. The second-order valence-electron chi connectivity index (χ2n) is 3.64. The number of carbonyl (C=O) groups is 1. The molecule has 4 nitrogen and oxygen atoms in total. The molecule has 5 heteroatoms. The zero-order valence-electron chi connectivity index (χ0n) is 9.99. The molecule has 0 saturated carbocycles. The van der Waals surface area contributed by atoms with Gasteiger partial charge in [0.1, 0.15) is 11.9 Å². The summed E-state index contributed by atoms with van der Waals surface area (Å²) >= 11 is 0. The number of hydrogen-bond donors (Lipinski definition) is 0. The average molecular weight is 236 g/mol. The standard InChI is InChI=1S/C10H21O4P/c1-5-6-7-9(2)10(11)8-15(12,13-3)14-4/h9H,5-8H2,1-4H3. The van der Waals surface area contributed by atoms with Crippen LogP contribution in [0.2, 0.25) is 0 Å². The fourth-order valence-corrected chi connectivity index (χ4v) is 2.32. The molecule has 0 radical (unpaired) electrons. The lowest BCUT2D eigenvalue weighted by molar-refractivity contribution is -0.120. The van der Waals surface area contributed by atoms with Crippen LogP contribution in [0.4, 0.5) is 0 Å². The van der Waals surface area contributed by atoms with Gasteiger partial charge >= 0.3 is 7.60 Å². The Morgan fingerprint density at radius 2 is 1.87 bits per heavy atom. The summed E-state index contributed by atoms with van der Waals surface area (Å²) < 4.78 is 21.1. The van der Waals surface area contributed by atoms with Crippen molar-refractivity contribution in [2.24, 2.45) is 5.92 Å². The Hall–Kier alpha value is -0.180. The lowest BCUT2D eigenvalue weighted by Crippen LogP contribution is -2.16. The quantitative estimate of drug-likeness (QED) is 0.608. The molecule has 1 atom stereocenters. The normalized spacial score (nSPS) is 13.9. The highest BCUT2D eigenvalue weighted by atomic mass is 31.2. The first kappa shape index (κ1) is 14.8. The topological polar surface area (TPSA) is 52.6 Å². The Balaban J connectivity index is 4.17. The van der Waals surface area contributed by atoms with E-state index in [9.17, 15) is 9.36 Å². The molecular formula is C10H21O4P. The number of unbranched alkanes of at least 4 members (excludes halogenated alkanes) is 1. The molecule has 0 fully saturated rings. The summed E-state index contributed by atoms with van der Waals surface area (Å²) in [5, 5.41) is 0. The molecule has 15 heavy (non-hydrogen) atoms. The van der Waals surface area contributed by atoms with E-state index in [-0.39, 0.29) is 17.9 Å². The molecule has 0 aliphatic heterocycles. The highest BCUT2D eigenvalue weighted by Gasteiger charge is 2.27. The van der Waals surface area contributed by atoms with E-state index in [2.05, 4.69) is 6.92 Å². The fraction of sp³-hybridized carbons (Fsp3) is 0.900. The molecule has 90 valence electrons. The predicted octanol–water partition coefficient (Wildman–Crippen LogP) is 2.87. The molecular weight excluding hydrogens is 215 g/mol. The number of Topliss-reactive ketones (excluding diaryl/α,β-unsaturated/α-hetero) is 1. The zero-order chi connectivity index (χ0) is 11.9. The maximum Gasteiger partial charge on any atom is 0.337 e. The molecule has 1 unspecified atom stereocenters. The highest BCUT2D eigenvalue weighted by molar-refractivity contribution is 7.54. The Bertz CT molecular complexity index is 232. The summed E-state index contributed by atoms with van der Waals surface area (Å²) in [6.45, 7) is 3.93. The first-order valence-electron chi connectivity index (χ1n) is 5.22. The van der Waals surface area contributed by atoms with Crippen molar-refractivity contribution in [1.82, 2.24) is 0 Å². The predicted molar refractivity (Wildman–Crippen MR) is 60.2 cm³/mol. The van der Waals surface area contributed by atoms with Gasteiger partial charge in [-0.3, -0.25) is 9.36 Å². The minimum atomic E-state index is -3.17. The van der Waals surface area contributed by atoms with Crippen LogP contribution in [0.5, 0.6) is 0 Å². The lowest BCUT2D eigenvalue weighted by atomic mass is 10.0. The van der Waals surface area contributed by atoms with E-state index >= 15 is 0 Å². The smallest absolute Gasteiger partial charge is 0.312 e. The maximum atomic E-state index is 11.7. The molecule has 0 aromatic rings. The number of carbonyl (C=O) groups excluding carboxylic acids is 1. The molecule has 0 rings (SSSR count). The SMILES string of the molecule is CCCCC(C)C(=O)CP(=O)(OC)OC. The van der Waals surface area contributed by atoms with Crippen molar-refractivity contribution < 1.29 is 18.4 Å². The van der Waals surface area contributed by atoms with Crippen LogP contribution in [-0.2, 0) is 18.4 Å². The number of hydrogen-bond acceptors (Lipinski definition) is 4. The van der Waals surface area contributed by atoms with Crippen molar-refractivity contribution >= 4 is 13.4 Å². The van der Waals surface area contributed by atoms with E-state index in [0.29, 0.717) is 0 Å². The third-order valence-electron chi connectivity index (χ3n) is 2.45. The molecule has 0 aliphatic rings. The molecule has 0 saturated heterocycles. The van der Waals surface area contributed by atoms with E-state index in [1.807, 2.05) is 6.92 Å². The fourth-order valence-electron chi connectivity index (χ4n) is 1.22. The summed E-state index contributed by atoms with van der Waals surface area (Å²) in [7, 11) is -0.573. The minimum absolute atomic E-state index is 0.0458. The summed E-state index contributed by atoms with van der Waals surface area (Å²) in [6, 6.07) is 0. The average Bonchev–Trinajstić information content (AvgIpc) is 2.25. The van der Waals surface area contributed by atoms with Gasteiger partial charge in [-0.1, -0.05) is 26.7 Å². The highest BCUT2D eigenvalue weighted by Crippen LogP contribution is 2.46. The molecule has 0 heterocycles. The van der Waals surface area contributed by atoms with Crippen LogP contribution < -0.4 is 0 Å². The third-order valence-corrected chi connectivity index (χ3v) is 4.26. The van der Waals surface area contributed by atoms with Crippen molar-refractivity contribution in [3.8, 4) is 0 Å².